The van der Waals surface area contributed by atoms with Crippen molar-refractivity contribution in [1.29, 1.82) is 0 Å². The van der Waals surface area contributed by atoms with Gasteiger partial charge in [0.05, 0.1) is 23.1 Å². The van der Waals surface area contributed by atoms with E-state index in [0.29, 0.717) is 5.33 Å². The van der Waals surface area contributed by atoms with Gasteiger partial charge in [0.2, 0.25) is 0 Å². The van der Waals surface area contributed by atoms with E-state index in [0.717, 1.165) is 11.1 Å². The molecule has 2 amide bonds. The van der Waals surface area contributed by atoms with Gasteiger partial charge in [0.15, 0.2) is 0 Å². The molecule has 0 radical (unpaired) electrons. The SMILES string of the molecule is CCOC(=O)Nc1ccc(C)cc1[N+](=O)[O-].CCOC(=O)Nc1ccc(CBr)cc1[N+](=O)[O-]. The summed E-state index contributed by atoms with van der Waals surface area (Å²) in [5, 5.41) is 26.7. The first-order chi connectivity index (χ1) is 15.6. The number of aryl methyl sites for hydroxylation is 1. The van der Waals surface area contributed by atoms with Crippen LogP contribution in [0.5, 0.6) is 0 Å². The number of ether oxygens (including phenoxy) is 2. The van der Waals surface area contributed by atoms with Gasteiger partial charge in [-0.3, -0.25) is 30.9 Å². The van der Waals surface area contributed by atoms with E-state index in [1.165, 1.54) is 24.3 Å². The van der Waals surface area contributed by atoms with Crippen molar-refractivity contribution in [3.8, 4) is 0 Å². The molecular weight excluding hydrogens is 504 g/mol. The van der Waals surface area contributed by atoms with Crippen LogP contribution in [0, 0.1) is 27.2 Å². The highest BCUT2D eigenvalue weighted by molar-refractivity contribution is 9.08. The number of nitrogens with zero attached hydrogens (tertiary/aromatic N) is 2. The number of hydrogen-bond acceptors (Lipinski definition) is 8. The molecule has 0 unspecified atom stereocenters. The standard InChI is InChI=1S/C10H11BrN2O4.C10H12N2O4/c1-2-17-10(14)12-8-4-3-7(6-11)5-9(8)13(15)16;1-3-16-10(13)11-8-5-4-7(2)6-9(8)12(14)15/h3-5H,2,6H2,1H3,(H,12,14);4-6H,3H2,1-2H3,(H,11,13). The van der Waals surface area contributed by atoms with E-state index in [4.69, 9.17) is 0 Å². The molecule has 13 heteroatoms. The van der Waals surface area contributed by atoms with Crippen molar-refractivity contribution in [2.45, 2.75) is 26.1 Å². The van der Waals surface area contributed by atoms with Crippen LogP contribution in [0.2, 0.25) is 0 Å². The molecule has 0 spiro atoms. The van der Waals surface area contributed by atoms with E-state index in [1.807, 2.05) is 0 Å². The molecule has 0 saturated carbocycles. The average Bonchev–Trinajstić information content (AvgIpc) is 2.75. The van der Waals surface area contributed by atoms with Crippen molar-refractivity contribution in [3.05, 3.63) is 67.8 Å². The number of nitro benzene ring substituents is 2. The zero-order valence-electron chi connectivity index (χ0n) is 18.1. The van der Waals surface area contributed by atoms with Crippen LogP contribution in [0.15, 0.2) is 36.4 Å². The molecule has 33 heavy (non-hydrogen) atoms. The Hall–Kier alpha value is -3.74. The summed E-state index contributed by atoms with van der Waals surface area (Å²) in [6, 6.07) is 9.10. The van der Waals surface area contributed by atoms with Crippen LogP contribution >= 0.6 is 15.9 Å². The van der Waals surface area contributed by atoms with Crippen molar-refractivity contribution >= 4 is 50.9 Å². The molecule has 0 atom stereocenters. The summed E-state index contributed by atoms with van der Waals surface area (Å²) in [7, 11) is 0. The fourth-order valence-electron chi connectivity index (χ4n) is 2.37. The van der Waals surface area contributed by atoms with Crippen molar-refractivity contribution in [3.63, 3.8) is 0 Å². The number of alkyl halides is 1. The van der Waals surface area contributed by atoms with Crippen molar-refractivity contribution in [1.82, 2.24) is 0 Å². The minimum absolute atomic E-state index is 0.123. The molecule has 178 valence electrons. The molecule has 12 nitrogen and oxygen atoms in total. The summed E-state index contributed by atoms with van der Waals surface area (Å²) in [6.07, 6.45) is -1.41. The molecule has 0 fully saturated rings. The topological polar surface area (TPSA) is 163 Å². The fourth-order valence-corrected chi connectivity index (χ4v) is 2.72. The van der Waals surface area contributed by atoms with Crippen LogP contribution < -0.4 is 10.6 Å². The summed E-state index contributed by atoms with van der Waals surface area (Å²) in [5.41, 5.74) is 1.46. The van der Waals surface area contributed by atoms with Gasteiger partial charge < -0.3 is 9.47 Å². The van der Waals surface area contributed by atoms with E-state index < -0.39 is 22.0 Å². The number of nitro groups is 2. The molecule has 2 N–H and O–H groups in total. The maximum absolute atomic E-state index is 11.2. The predicted octanol–water partition coefficient (Wildman–Crippen LogP) is 5.53. The lowest BCUT2D eigenvalue weighted by atomic mass is 10.2. The Morgan fingerprint density at radius 2 is 1.33 bits per heavy atom. The highest BCUT2D eigenvalue weighted by atomic mass is 79.9. The number of amides is 2. The van der Waals surface area contributed by atoms with Gasteiger partial charge >= 0.3 is 12.2 Å². The van der Waals surface area contributed by atoms with E-state index in [9.17, 15) is 29.8 Å². The molecule has 0 aliphatic carbocycles. The molecule has 0 heterocycles. The third-order valence-electron chi connectivity index (χ3n) is 3.79. The Morgan fingerprint density at radius 1 is 0.879 bits per heavy atom. The third-order valence-corrected chi connectivity index (χ3v) is 4.43. The zero-order chi connectivity index (χ0) is 25.0. The van der Waals surface area contributed by atoms with Crippen LogP contribution in [-0.4, -0.2) is 35.2 Å². The Labute approximate surface area is 197 Å². The maximum Gasteiger partial charge on any atom is 0.411 e. The summed E-state index contributed by atoms with van der Waals surface area (Å²) >= 11 is 3.21. The van der Waals surface area contributed by atoms with Crippen molar-refractivity contribution in [2.24, 2.45) is 0 Å². The molecule has 2 aromatic carbocycles. The van der Waals surface area contributed by atoms with Crippen molar-refractivity contribution < 1.29 is 28.9 Å². The highest BCUT2D eigenvalue weighted by Crippen LogP contribution is 2.27. The van der Waals surface area contributed by atoms with Gasteiger partial charge in [0.1, 0.15) is 11.4 Å². The number of halogens is 1. The Bertz CT molecular complexity index is 1020. The third kappa shape index (κ3) is 9.11. The van der Waals surface area contributed by atoms with Gasteiger partial charge in [-0.05, 0) is 44.0 Å². The molecule has 0 aromatic heterocycles. The molecule has 2 aromatic rings. The molecule has 2 rings (SSSR count). The number of hydrogen-bond donors (Lipinski definition) is 2. The summed E-state index contributed by atoms with van der Waals surface area (Å²) in [6.45, 7) is 5.47. The number of benzene rings is 2. The maximum atomic E-state index is 11.2. The van der Waals surface area contributed by atoms with E-state index in [2.05, 4.69) is 36.0 Å². The van der Waals surface area contributed by atoms with Crippen molar-refractivity contribution in [2.75, 3.05) is 23.8 Å². The normalized spacial score (nSPS) is 9.70. The quantitative estimate of drug-likeness (QED) is 0.270. The molecular formula is C20H23BrN4O8. The lowest BCUT2D eigenvalue weighted by Gasteiger charge is -2.06. The smallest absolute Gasteiger partial charge is 0.411 e. The molecule has 0 aliphatic heterocycles. The van der Waals surface area contributed by atoms with Crippen LogP contribution in [0.1, 0.15) is 25.0 Å². The van der Waals surface area contributed by atoms with Crippen LogP contribution in [-0.2, 0) is 14.8 Å². The second kappa shape index (κ2) is 13.6. The van der Waals surface area contributed by atoms with Crippen LogP contribution in [0.25, 0.3) is 0 Å². The second-order valence-electron chi connectivity index (χ2n) is 6.21. The number of nitrogens with one attached hydrogen (secondary N) is 2. The summed E-state index contributed by atoms with van der Waals surface area (Å²) in [5.74, 6) is 0. The summed E-state index contributed by atoms with van der Waals surface area (Å²) in [4.78, 5) is 42.8. The lowest BCUT2D eigenvalue weighted by molar-refractivity contribution is -0.384. The first kappa shape index (κ1) is 27.3. The zero-order valence-corrected chi connectivity index (χ0v) is 19.7. The van der Waals surface area contributed by atoms with Crippen LogP contribution in [0.3, 0.4) is 0 Å². The van der Waals surface area contributed by atoms with E-state index >= 15 is 0 Å². The highest BCUT2D eigenvalue weighted by Gasteiger charge is 2.17. The second-order valence-corrected chi connectivity index (χ2v) is 6.77. The average molecular weight is 527 g/mol. The summed E-state index contributed by atoms with van der Waals surface area (Å²) < 4.78 is 9.29. The van der Waals surface area contributed by atoms with Gasteiger partial charge in [-0.2, -0.15) is 0 Å². The van der Waals surface area contributed by atoms with Gasteiger partial charge in [0, 0.05) is 17.5 Å². The number of carbonyl (C=O) groups is 2. The number of anilines is 2. The van der Waals surface area contributed by atoms with Gasteiger partial charge in [-0.25, -0.2) is 9.59 Å². The Morgan fingerprint density at radius 3 is 1.76 bits per heavy atom. The first-order valence-electron chi connectivity index (χ1n) is 9.58. The molecule has 0 aliphatic rings. The Kier molecular flexibility index (Phi) is 11.3. The lowest BCUT2D eigenvalue weighted by Crippen LogP contribution is -2.14. The first-order valence-corrected chi connectivity index (χ1v) is 10.7. The number of rotatable bonds is 7. The van der Waals surface area contributed by atoms with Gasteiger partial charge in [0.25, 0.3) is 11.4 Å². The Balaban J connectivity index is 0.000000331. The minimum Gasteiger partial charge on any atom is -0.450 e. The largest absolute Gasteiger partial charge is 0.450 e. The molecule has 0 bridgehead atoms. The van der Waals surface area contributed by atoms with Crippen LogP contribution in [0.4, 0.5) is 32.3 Å². The monoisotopic (exact) mass is 526 g/mol. The van der Waals surface area contributed by atoms with E-state index in [-0.39, 0.29) is 36.0 Å². The van der Waals surface area contributed by atoms with Gasteiger partial charge in [-0.15, -0.1) is 0 Å². The molecule has 0 saturated heterocycles. The number of carbonyl (C=O) groups excluding carboxylic acids is 2. The van der Waals surface area contributed by atoms with Gasteiger partial charge in [-0.1, -0.05) is 28.1 Å². The minimum atomic E-state index is -0.706. The predicted molar refractivity (Wildman–Crippen MR) is 125 cm³/mol. The fraction of sp³-hybridized carbons (Fsp3) is 0.300. The van der Waals surface area contributed by atoms with E-state index in [1.54, 1.807) is 32.9 Å².